The zero-order valence-electron chi connectivity index (χ0n) is 12.7. The number of nitrogens with one attached hydrogen (secondary N) is 3. The summed E-state index contributed by atoms with van der Waals surface area (Å²) in [5.41, 5.74) is 2.01. The van der Waals surface area contributed by atoms with E-state index in [0.29, 0.717) is 6.54 Å². The van der Waals surface area contributed by atoms with Gasteiger partial charge < -0.3 is 20.0 Å². The van der Waals surface area contributed by atoms with Crippen LogP contribution in [0.4, 0.5) is 11.4 Å². The van der Waals surface area contributed by atoms with E-state index < -0.39 is 0 Å². The van der Waals surface area contributed by atoms with Crippen molar-refractivity contribution in [2.24, 2.45) is 0 Å². The fourth-order valence-corrected chi connectivity index (χ4v) is 2.48. The molecule has 1 aromatic rings. The lowest BCUT2D eigenvalue weighted by atomic mass is 10.2. The lowest BCUT2D eigenvalue weighted by Crippen LogP contribution is -3.27. The molecule has 1 fully saturated rings. The van der Waals surface area contributed by atoms with Gasteiger partial charge in [-0.3, -0.25) is 4.79 Å². The minimum absolute atomic E-state index is 0.108. The topological polar surface area (TPSA) is 41.2 Å². The van der Waals surface area contributed by atoms with Crippen molar-refractivity contribution in [3.8, 4) is 0 Å². The first-order valence-electron chi connectivity index (χ1n) is 7.26. The molecule has 3 N–H and O–H groups in total. The molecule has 0 unspecified atom stereocenters. The minimum Gasteiger partial charge on any atom is -0.378 e. The van der Waals surface area contributed by atoms with Crippen molar-refractivity contribution in [1.82, 2.24) is 0 Å². The molecule has 0 atom stereocenters. The summed E-state index contributed by atoms with van der Waals surface area (Å²) in [6.45, 7) is 5.04. The maximum absolute atomic E-state index is 12.0. The second-order valence-corrected chi connectivity index (χ2v) is 5.87. The summed E-state index contributed by atoms with van der Waals surface area (Å²) in [6.07, 6.45) is 0. The Bertz CT molecular complexity index is 436. The van der Waals surface area contributed by atoms with Gasteiger partial charge in [0.05, 0.1) is 7.05 Å². The molecule has 110 valence electrons. The van der Waals surface area contributed by atoms with E-state index in [1.807, 2.05) is 43.3 Å². The van der Waals surface area contributed by atoms with E-state index in [9.17, 15) is 4.79 Å². The molecule has 1 amide bonds. The predicted molar refractivity (Wildman–Crippen MR) is 81.6 cm³/mol. The van der Waals surface area contributed by atoms with Crippen LogP contribution in [0.15, 0.2) is 24.3 Å². The Labute approximate surface area is 121 Å². The fraction of sp³-hybridized carbons (Fsp3) is 0.533. The van der Waals surface area contributed by atoms with Crippen LogP contribution in [0.3, 0.4) is 0 Å². The van der Waals surface area contributed by atoms with Crippen molar-refractivity contribution in [1.29, 1.82) is 0 Å². The molecule has 5 nitrogen and oxygen atoms in total. The molecule has 0 spiro atoms. The van der Waals surface area contributed by atoms with Crippen LogP contribution in [0.25, 0.3) is 0 Å². The number of piperazine rings is 1. The normalized spacial score (nSPS) is 22.4. The number of carbonyl (C=O) groups excluding carboxylic acids is 1. The Hall–Kier alpha value is -1.59. The number of anilines is 2. The van der Waals surface area contributed by atoms with E-state index in [0.717, 1.165) is 37.6 Å². The summed E-state index contributed by atoms with van der Waals surface area (Å²) < 4.78 is 0. The zero-order valence-corrected chi connectivity index (χ0v) is 12.7. The van der Waals surface area contributed by atoms with E-state index in [4.69, 9.17) is 0 Å². The Kier molecular flexibility index (Phi) is 4.98. The van der Waals surface area contributed by atoms with E-state index in [2.05, 4.69) is 12.4 Å². The van der Waals surface area contributed by atoms with Gasteiger partial charge in [0.15, 0.2) is 6.54 Å². The Morgan fingerprint density at radius 1 is 1.15 bits per heavy atom. The summed E-state index contributed by atoms with van der Waals surface area (Å²) in [6, 6.07) is 7.94. The van der Waals surface area contributed by atoms with E-state index in [1.54, 1.807) is 4.90 Å². The highest BCUT2D eigenvalue weighted by Gasteiger charge is 2.22. The van der Waals surface area contributed by atoms with Crippen LogP contribution in [0.1, 0.15) is 0 Å². The van der Waals surface area contributed by atoms with Gasteiger partial charge in [-0.25, -0.2) is 0 Å². The lowest BCUT2D eigenvalue weighted by molar-refractivity contribution is -0.999. The monoisotopic (exact) mass is 278 g/mol. The third-order valence-electron chi connectivity index (χ3n) is 3.89. The van der Waals surface area contributed by atoms with Gasteiger partial charge in [0.25, 0.3) is 5.91 Å². The van der Waals surface area contributed by atoms with Crippen molar-refractivity contribution in [2.45, 2.75) is 0 Å². The molecule has 5 heteroatoms. The third kappa shape index (κ3) is 4.21. The van der Waals surface area contributed by atoms with Crippen LogP contribution < -0.4 is 20.0 Å². The van der Waals surface area contributed by atoms with Crippen LogP contribution in [-0.4, -0.2) is 59.8 Å². The van der Waals surface area contributed by atoms with Crippen molar-refractivity contribution < 1.29 is 14.6 Å². The lowest BCUT2D eigenvalue weighted by Gasteiger charge is -2.26. The molecule has 1 aliphatic rings. The van der Waals surface area contributed by atoms with Crippen LogP contribution in [0.5, 0.6) is 0 Å². The van der Waals surface area contributed by atoms with Crippen LogP contribution in [0, 0.1) is 0 Å². The van der Waals surface area contributed by atoms with E-state index in [-0.39, 0.29) is 5.91 Å². The average molecular weight is 278 g/mol. The van der Waals surface area contributed by atoms with Gasteiger partial charge in [0, 0.05) is 25.5 Å². The Morgan fingerprint density at radius 3 is 2.30 bits per heavy atom. The van der Waals surface area contributed by atoms with E-state index >= 15 is 0 Å². The molecule has 1 heterocycles. The highest BCUT2D eigenvalue weighted by atomic mass is 16.2. The molecule has 1 saturated heterocycles. The molecular formula is C15H26N4O+2. The first-order valence-corrected chi connectivity index (χ1v) is 7.26. The number of rotatable bonds is 4. The molecule has 1 aliphatic heterocycles. The molecule has 1 aromatic carbocycles. The summed E-state index contributed by atoms with van der Waals surface area (Å²) >= 11 is 0. The standard InChI is InChI=1S/C15H24N4O/c1-17(2)14-6-4-13(5-7-14)16-15(20)12-19-10-8-18(3)9-11-19/h4-7H,8-12H2,1-3H3,(H,16,20)/p+2. The van der Waals surface area contributed by atoms with Gasteiger partial charge in [-0.2, -0.15) is 0 Å². The maximum Gasteiger partial charge on any atom is 0.279 e. The second-order valence-electron chi connectivity index (χ2n) is 5.87. The van der Waals surface area contributed by atoms with Crippen LogP contribution >= 0.6 is 0 Å². The second kappa shape index (κ2) is 6.72. The number of quaternary nitrogens is 2. The van der Waals surface area contributed by atoms with Gasteiger partial charge in [-0.05, 0) is 24.3 Å². The van der Waals surface area contributed by atoms with Gasteiger partial charge in [-0.1, -0.05) is 0 Å². The number of hydrogen-bond acceptors (Lipinski definition) is 2. The highest BCUT2D eigenvalue weighted by Crippen LogP contribution is 2.15. The van der Waals surface area contributed by atoms with Crippen molar-refractivity contribution >= 4 is 17.3 Å². The van der Waals surface area contributed by atoms with Crippen molar-refractivity contribution in [2.75, 3.05) is 64.1 Å². The number of likely N-dealkylation sites (N-methyl/N-ethyl adjacent to an activating group) is 1. The molecule has 20 heavy (non-hydrogen) atoms. The first kappa shape index (κ1) is 14.8. The first-order chi connectivity index (χ1) is 9.54. The molecule has 2 rings (SSSR count). The number of carbonyl (C=O) groups is 1. The van der Waals surface area contributed by atoms with Crippen LogP contribution in [-0.2, 0) is 4.79 Å². The fourth-order valence-electron chi connectivity index (χ4n) is 2.48. The van der Waals surface area contributed by atoms with Crippen molar-refractivity contribution in [3.05, 3.63) is 24.3 Å². The largest absolute Gasteiger partial charge is 0.378 e. The number of nitrogens with zero attached hydrogens (tertiary/aromatic N) is 1. The summed E-state index contributed by atoms with van der Waals surface area (Å²) in [4.78, 5) is 17.0. The SMILES string of the molecule is CN(C)c1ccc(NC(=O)C[NH+]2CC[NH+](C)CC2)cc1. The third-order valence-corrected chi connectivity index (χ3v) is 3.89. The number of amides is 1. The molecule has 0 aliphatic carbocycles. The molecule has 0 aromatic heterocycles. The number of hydrogen-bond donors (Lipinski definition) is 3. The minimum atomic E-state index is 0.108. The average Bonchev–Trinajstić information content (AvgIpc) is 2.42. The van der Waals surface area contributed by atoms with Gasteiger partial charge >= 0.3 is 0 Å². The van der Waals surface area contributed by atoms with Crippen molar-refractivity contribution in [3.63, 3.8) is 0 Å². The predicted octanol–water partition coefficient (Wildman–Crippen LogP) is -1.90. The molecule has 0 saturated carbocycles. The number of benzene rings is 1. The highest BCUT2D eigenvalue weighted by molar-refractivity contribution is 5.91. The zero-order chi connectivity index (χ0) is 14.5. The van der Waals surface area contributed by atoms with Gasteiger partial charge in [0.2, 0.25) is 0 Å². The van der Waals surface area contributed by atoms with Gasteiger partial charge in [0.1, 0.15) is 26.2 Å². The Balaban J connectivity index is 1.82. The summed E-state index contributed by atoms with van der Waals surface area (Å²) in [7, 11) is 6.22. The smallest absolute Gasteiger partial charge is 0.279 e. The molecule has 0 radical (unpaired) electrons. The summed E-state index contributed by atoms with van der Waals surface area (Å²) in [5.74, 6) is 0.108. The molecular weight excluding hydrogens is 252 g/mol. The summed E-state index contributed by atoms with van der Waals surface area (Å²) in [5, 5.41) is 2.98. The Morgan fingerprint density at radius 2 is 1.75 bits per heavy atom. The van der Waals surface area contributed by atoms with E-state index in [1.165, 1.54) is 4.90 Å². The van der Waals surface area contributed by atoms with Crippen LogP contribution in [0.2, 0.25) is 0 Å². The maximum atomic E-state index is 12.0. The molecule has 0 bridgehead atoms. The quantitative estimate of drug-likeness (QED) is 0.602. The van der Waals surface area contributed by atoms with Gasteiger partial charge in [-0.15, -0.1) is 0 Å².